The van der Waals surface area contributed by atoms with Gasteiger partial charge in [-0.15, -0.1) is 5.10 Å². The highest BCUT2D eigenvalue weighted by atomic mass is 32.2. The number of benzene rings is 1. The molecular weight excluding hydrogens is 360 g/mol. The van der Waals surface area contributed by atoms with E-state index in [2.05, 4.69) is 50.4 Å². The van der Waals surface area contributed by atoms with Crippen LogP contribution in [0.15, 0.2) is 54.2 Å². The van der Waals surface area contributed by atoms with Crippen molar-refractivity contribution in [2.24, 2.45) is 7.05 Å². The molecule has 3 aromatic heterocycles. The van der Waals surface area contributed by atoms with Crippen LogP contribution in [0, 0.1) is 0 Å². The van der Waals surface area contributed by atoms with Gasteiger partial charge in [0.2, 0.25) is 5.16 Å². The number of tetrazole rings is 1. The van der Waals surface area contributed by atoms with Gasteiger partial charge in [0.25, 0.3) is 0 Å². The summed E-state index contributed by atoms with van der Waals surface area (Å²) in [5.41, 5.74) is 4.22. The third-order valence-corrected chi connectivity index (χ3v) is 5.25. The van der Waals surface area contributed by atoms with Gasteiger partial charge in [0, 0.05) is 43.2 Å². The number of thioether (sulfide) groups is 1. The molecule has 27 heavy (non-hydrogen) atoms. The lowest BCUT2D eigenvalue weighted by Gasteiger charge is -2.08. The molecule has 3 heterocycles. The molecular formula is C18H20N8S. The summed E-state index contributed by atoms with van der Waals surface area (Å²) in [5, 5.41) is 16.8. The maximum atomic E-state index is 4.70. The van der Waals surface area contributed by atoms with Gasteiger partial charge in [-0.3, -0.25) is 4.68 Å². The summed E-state index contributed by atoms with van der Waals surface area (Å²) in [7, 11) is 1.84. The molecule has 0 radical (unpaired) electrons. The molecule has 1 aromatic carbocycles. The van der Waals surface area contributed by atoms with Crippen LogP contribution in [-0.2, 0) is 20.1 Å². The van der Waals surface area contributed by atoms with E-state index in [-0.39, 0.29) is 0 Å². The molecule has 0 bridgehead atoms. The third-order valence-electron chi connectivity index (χ3n) is 4.26. The van der Waals surface area contributed by atoms with Crippen molar-refractivity contribution in [3.63, 3.8) is 0 Å². The first-order chi connectivity index (χ1) is 13.3. The standard InChI is InChI=1S/C18H20N8S/c1-3-26-12-15(11-20-26)17-16(14-7-5-4-6-8-14)19-13-25(17)9-10-27-18-21-22-23-24(18)2/h4-8,11-13H,3,9-10H2,1-2H3. The molecule has 4 aromatic rings. The molecule has 0 saturated carbocycles. The van der Waals surface area contributed by atoms with Gasteiger partial charge in [0.1, 0.15) is 0 Å². The van der Waals surface area contributed by atoms with Crippen molar-refractivity contribution >= 4 is 11.8 Å². The summed E-state index contributed by atoms with van der Waals surface area (Å²) in [5.74, 6) is 0.841. The topological polar surface area (TPSA) is 79.2 Å². The smallest absolute Gasteiger partial charge is 0.209 e. The van der Waals surface area contributed by atoms with Crippen LogP contribution in [0.1, 0.15) is 6.92 Å². The summed E-state index contributed by atoms with van der Waals surface area (Å²) < 4.78 is 5.79. The fourth-order valence-electron chi connectivity index (χ4n) is 2.90. The van der Waals surface area contributed by atoms with E-state index in [4.69, 9.17) is 4.98 Å². The summed E-state index contributed by atoms with van der Waals surface area (Å²) in [4.78, 5) is 4.70. The second kappa shape index (κ2) is 7.75. The normalized spacial score (nSPS) is 11.2. The molecule has 4 rings (SSSR count). The van der Waals surface area contributed by atoms with Crippen LogP contribution in [0.2, 0.25) is 0 Å². The van der Waals surface area contributed by atoms with Crippen LogP contribution in [0.5, 0.6) is 0 Å². The highest BCUT2D eigenvalue weighted by Gasteiger charge is 2.16. The largest absolute Gasteiger partial charge is 0.329 e. The van der Waals surface area contributed by atoms with Gasteiger partial charge in [-0.25, -0.2) is 9.67 Å². The molecule has 0 unspecified atom stereocenters. The Bertz CT molecular complexity index is 1020. The van der Waals surface area contributed by atoms with Gasteiger partial charge in [-0.05, 0) is 17.4 Å². The average molecular weight is 380 g/mol. The van der Waals surface area contributed by atoms with Crippen LogP contribution in [0.4, 0.5) is 0 Å². The molecule has 0 saturated heterocycles. The van der Waals surface area contributed by atoms with E-state index < -0.39 is 0 Å². The number of hydrogen-bond donors (Lipinski definition) is 0. The minimum absolute atomic E-state index is 0.796. The number of hydrogen-bond acceptors (Lipinski definition) is 6. The van der Waals surface area contributed by atoms with Crippen molar-refractivity contribution in [1.82, 2.24) is 39.5 Å². The third kappa shape index (κ3) is 3.63. The number of nitrogens with zero attached hydrogens (tertiary/aromatic N) is 8. The highest BCUT2D eigenvalue weighted by molar-refractivity contribution is 7.99. The monoisotopic (exact) mass is 380 g/mol. The van der Waals surface area contributed by atoms with Gasteiger partial charge in [0.15, 0.2) is 0 Å². The first-order valence-corrected chi connectivity index (χ1v) is 9.73. The Balaban J connectivity index is 1.64. The van der Waals surface area contributed by atoms with Gasteiger partial charge < -0.3 is 4.57 Å². The Labute approximate surface area is 161 Å². The molecule has 0 fully saturated rings. The quantitative estimate of drug-likeness (QED) is 0.459. The van der Waals surface area contributed by atoms with Gasteiger partial charge in [-0.2, -0.15) is 5.10 Å². The van der Waals surface area contributed by atoms with Crippen LogP contribution in [0.25, 0.3) is 22.5 Å². The molecule has 0 spiro atoms. The molecule has 0 amide bonds. The fraction of sp³-hybridized carbons (Fsp3) is 0.278. The van der Waals surface area contributed by atoms with Gasteiger partial charge >= 0.3 is 0 Å². The minimum atomic E-state index is 0.796. The lowest BCUT2D eigenvalue weighted by atomic mass is 10.1. The minimum Gasteiger partial charge on any atom is -0.329 e. The Morgan fingerprint density at radius 2 is 1.96 bits per heavy atom. The molecule has 138 valence electrons. The zero-order valence-corrected chi connectivity index (χ0v) is 16.0. The number of aromatic nitrogens is 8. The number of rotatable bonds is 7. The van der Waals surface area contributed by atoms with E-state index in [0.717, 1.165) is 46.5 Å². The second-order valence-corrected chi connectivity index (χ2v) is 7.08. The summed E-state index contributed by atoms with van der Waals surface area (Å²) >= 11 is 1.62. The van der Waals surface area contributed by atoms with Gasteiger partial charge in [0.05, 0.1) is 23.9 Å². The first-order valence-electron chi connectivity index (χ1n) is 8.74. The van der Waals surface area contributed by atoms with Crippen LogP contribution >= 0.6 is 11.8 Å². The van der Waals surface area contributed by atoms with E-state index in [1.807, 2.05) is 42.5 Å². The summed E-state index contributed by atoms with van der Waals surface area (Å²) in [6.45, 7) is 3.71. The van der Waals surface area contributed by atoms with Crippen molar-refractivity contribution in [2.45, 2.75) is 25.2 Å². The molecule has 0 aliphatic rings. The van der Waals surface area contributed by atoms with E-state index in [1.54, 1.807) is 16.4 Å². The SMILES string of the molecule is CCn1cc(-c2c(-c3ccccc3)ncn2CCSc2nnnn2C)cn1. The molecule has 8 nitrogen and oxygen atoms in total. The fourth-order valence-corrected chi connectivity index (χ4v) is 3.69. The van der Waals surface area contributed by atoms with Crippen molar-refractivity contribution < 1.29 is 0 Å². The molecule has 0 N–H and O–H groups in total. The lowest BCUT2D eigenvalue weighted by molar-refractivity contribution is 0.660. The van der Waals surface area contributed by atoms with E-state index >= 15 is 0 Å². The van der Waals surface area contributed by atoms with Crippen molar-refractivity contribution in [3.05, 3.63) is 49.1 Å². The van der Waals surface area contributed by atoms with E-state index in [1.165, 1.54) is 0 Å². The van der Waals surface area contributed by atoms with Crippen LogP contribution in [-0.4, -0.2) is 45.3 Å². The highest BCUT2D eigenvalue weighted by Crippen LogP contribution is 2.31. The van der Waals surface area contributed by atoms with E-state index in [9.17, 15) is 0 Å². The maximum Gasteiger partial charge on any atom is 0.209 e. The molecule has 0 atom stereocenters. The average Bonchev–Trinajstić information content (AvgIpc) is 3.42. The second-order valence-electron chi connectivity index (χ2n) is 6.02. The van der Waals surface area contributed by atoms with Crippen molar-refractivity contribution in [3.8, 4) is 22.5 Å². The maximum absolute atomic E-state index is 4.70. The predicted octanol–water partition coefficient (Wildman–Crippen LogP) is 2.75. The number of aryl methyl sites for hydroxylation is 3. The van der Waals surface area contributed by atoms with Crippen molar-refractivity contribution in [1.29, 1.82) is 0 Å². The Hall–Kier alpha value is -2.94. The molecule has 9 heteroatoms. The Morgan fingerprint density at radius 1 is 1.11 bits per heavy atom. The number of imidazole rings is 1. The zero-order valence-electron chi connectivity index (χ0n) is 15.2. The predicted molar refractivity (Wildman–Crippen MR) is 104 cm³/mol. The lowest BCUT2D eigenvalue weighted by Crippen LogP contribution is -2.03. The van der Waals surface area contributed by atoms with Crippen LogP contribution < -0.4 is 0 Å². The van der Waals surface area contributed by atoms with Crippen molar-refractivity contribution in [2.75, 3.05) is 5.75 Å². The van der Waals surface area contributed by atoms with Crippen LogP contribution in [0.3, 0.4) is 0 Å². The molecule has 0 aliphatic heterocycles. The van der Waals surface area contributed by atoms with E-state index in [0.29, 0.717) is 0 Å². The molecule has 0 aliphatic carbocycles. The summed E-state index contributed by atoms with van der Waals surface area (Å²) in [6.07, 6.45) is 5.87. The zero-order chi connectivity index (χ0) is 18.6. The Morgan fingerprint density at radius 3 is 2.67 bits per heavy atom. The van der Waals surface area contributed by atoms with Gasteiger partial charge in [-0.1, -0.05) is 42.1 Å². The first kappa shape index (κ1) is 17.5. The Kier molecular flexibility index (Phi) is 5.01. The summed E-state index contributed by atoms with van der Waals surface area (Å²) in [6, 6.07) is 10.2.